The second-order valence-corrected chi connectivity index (χ2v) is 7.08. The van der Waals surface area contributed by atoms with Crippen LogP contribution in [-0.4, -0.2) is 41.8 Å². The molecule has 0 aromatic heterocycles. The largest absolute Gasteiger partial charge is 0.368 e. The molecule has 1 unspecified atom stereocenters. The van der Waals surface area contributed by atoms with E-state index in [2.05, 4.69) is 10.6 Å². The van der Waals surface area contributed by atoms with Crippen molar-refractivity contribution < 1.29 is 23.2 Å². The van der Waals surface area contributed by atoms with Crippen LogP contribution in [0.1, 0.15) is 28.8 Å². The highest BCUT2D eigenvalue weighted by Crippen LogP contribution is 2.23. The predicted molar refractivity (Wildman–Crippen MR) is 106 cm³/mol. The van der Waals surface area contributed by atoms with Crippen molar-refractivity contribution in [2.75, 3.05) is 18.4 Å². The molecule has 7 nitrogen and oxygen atoms in total. The molecule has 9 heteroatoms. The van der Waals surface area contributed by atoms with E-state index in [-0.39, 0.29) is 24.1 Å². The highest BCUT2D eigenvalue weighted by molar-refractivity contribution is 5.99. The first-order valence-corrected chi connectivity index (χ1v) is 9.49. The third-order valence-corrected chi connectivity index (χ3v) is 4.89. The zero-order valence-electron chi connectivity index (χ0n) is 16.2. The SMILES string of the molecule is NC(=O)C1CCCN1Cc1ccccc1NC(=O)CNC(=O)c1cc(F)cc(F)c1. The number of para-hydroxylation sites is 1. The van der Waals surface area contributed by atoms with Crippen LogP contribution in [0.5, 0.6) is 0 Å². The van der Waals surface area contributed by atoms with Gasteiger partial charge in [0.25, 0.3) is 5.91 Å². The maximum atomic E-state index is 13.2. The highest BCUT2D eigenvalue weighted by Gasteiger charge is 2.29. The molecule has 158 valence electrons. The van der Waals surface area contributed by atoms with Crippen LogP contribution in [0.4, 0.5) is 14.5 Å². The minimum absolute atomic E-state index is 0.216. The van der Waals surface area contributed by atoms with Gasteiger partial charge in [-0.1, -0.05) is 18.2 Å². The third kappa shape index (κ3) is 5.38. The molecule has 4 N–H and O–H groups in total. The van der Waals surface area contributed by atoms with Gasteiger partial charge in [-0.15, -0.1) is 0 Å². The molecule has 1 aliphatic heterocycles. The normalized spacial score (nSPS) is 16.3. The van der Waals surface area contributed by atoms with E-state index >= 15 is 0 Å². The highest BCUT2D eigenvalue weighted by atomic mass is 19.1. The molecule has 1 atom stereocenters. The molecule has 3 rings (SSSR count). The molecular formula is C21H22F2N4O3. The van der Waals surface area contributed by atoms with Gasteiger partial charge in [-0.25, -0.2) is 8.78 Å². The number of rotatable bonds is 7. The van der Waals surface area contributed by atoms with Crippen LogP contribution in [0.25, 0.3) is 0 Å². The number of hydrogen-bond acceptors (Lipinski definition) is 4. The summed E-state index contributed by atoms with van der Waals surface area (Å²) in [5.41, 5.74) is 6.59. The van der Waals surface area contributed by atoms with Gasteiger partial charge in [0, 0.05) is 23.9 Å². The van der Waals surface area contributed by atoms with Crippen LogP contribution in [0.15, 0.2) is 42.5 Å². The standard InChI is InChI=1S/C21H22F2N4O3/c22-15-8-14(9-16(23)10-15)21(30)25-11-19(28)26-17-5-2-1-4-13(17)12-27-7-3-6-18(27)20(24)29/h1-2,4-5,8-10,18H,3,6-7,11-12H2,(H2,24,29)(H,25,30)(H,26,28). The molecule has 30 heavy (non-hydrogen) atoms. The Balaban J connectivity index is 1.60. The zero-order valence-corrected chi connectivity index (χ0v) is 16.2. The summed E-state index contributed by atoms with van der Waals surface area (Å²) >= 11 is 0. The Kier molecular flexibility index (Phi) is 6.73. The Hall–Kier alpha value is -3.33. The van der Waals surface area contributed by atoms with Gasteiger partial charge in [0.15, 0.2) is 0 Å². The molecule has 1 heterocycles. The number of nitrogens with one attached hydrogen (secondary N) is 2. The lowest BCUT2D eigenvalue weighted by molar-refractivity contribution is -0.122. The summed E-state index contributed by atoms with van der Waals surface area (Å²) in [6.07, 6.45) is 1.57. The molecular weight excluding hydrogens is 394 g/mol. The average Bonchev–Trinajstić information content (AvgIpc) is 3.15. The van der Waals surface area contributed by atoms with Crippen molar-refractivity contribution in [1.29, 1.82) is 0 Å². The van der Waals surface area contributed by atoms with E-state index in [1.54, 1.807) is 12.1 Å². The van der Waals surface area contributed by atoms with E-state index in [9.17, 15) is 23.2 Å². The Morgan fingerprint density at radius 3 is 2.50 bits per heavy atom. The number of hydrogen-bond donors (Lipinski definition) is 3. The van der Waals surface area contributed by atoms with Gasteiger partial charge in [0.1, 0.15) is 11.6 Å². The van der Waals surface area contributed by atoms with Gasteiger partial charge < -0.3 is 16.4 Å². The minimum Gasteiger partial charge on any atom is -0.368 e. The Morgan fingerprint density at radius 2 is 1.80 bits per heavy atom. The average molecular weight is 416 g/mol. The Bertz CT molecular complexity index is 947. The molecule has 2 aromatic rings. The fourth-order valence-electron chi connectivity index (χ4n) is 3.48. The molecule has 0 saturated carbocycles. The first-order valence-electron chi connectivity index (χ1n) is 9.49. The second kappa shape index (κ2) is 9.45. The Morgan fingerprint density at radius 1 is 1.10 bits per heavy atom. The summed E-state index contributed by atoms with van der Waals surface area (Å²) in [6, 6.07) is 9.22. The number of carbonyl (C=O) groups is 3. The van der Waals surface area contributed by atoms with E-state index in [0.717, 1.165) is 30.7 Å². The number of likely N-dealkylation sites (tertiary alicyclic amines) is 1. The van der Waals surface area contributed by atoms with Crippen LogP contribution in [0, 0.1) is 11.6 Å². The third-order valence-electron chi connectivity index (χ3n) is 4.89. The zero-order chi connectivity index (χ0) is 21.7. The van der Waals surface area contributed by atoms with Gasteiger partial charge in [0.2, 0.25) is 11.8 Å². The number of benzene rings is 2. The molecule has 0 aliphatic carbocycles. The molecule has 2 aromatic carbocycles. The van der Waals surface area contributed by atoms with Crippen molar-refractivity contribution in [2.24, 2.45) is 5.73 Å². The first kappa shape index (κ1) is 21.4. The number of anilines is 1. The molecule has 1 saturated heterocycles. The van der Waals surface area contributed by atoms with Crippen molar-refractivity contribution in [1.82, 2.24) is 10.2 Å². The van der Waals surface area contributed by atoms with Crippen LogP contribution in [0.2, 0.25) is 0 Å². The van der Waals surface area contributed by atoms with Crippen molar-refractivity contribution in [2.45, 2.75) is 25.4 Å². The Labute approximate surface area is 172 Å². The number of primary amides is 1. The van der Waals surface area contributed by atoms with E-state index in [1.807, 2.05) is 17.0 Å². The van der Waals surface area contributed by atoms with Crippen LogP contribution in [-0.2, 0) is 16.1 Å². The van der Waals surface area contributed by atoms with Gasteiger partial charge >= 0.3 is 0 Å². The van der Waals surface area contributed by atoms with Gasteiger partial charge in [-0.3, -0.25) is 19.3 Å². The van der Waals surface area contributed by atoms with Crippen LogP contribution >= 0.6 is 0 Å². The van der Waals surface area contributed by atoms with Crippen LogP contribution < -0.4 is 16.4 Å². The molecule has 3 amide bonds. The molecule has 0 spiro atoms. The van der Waals surface area contributed by atoms with Crippen molar-refractivity contribution >= 4 is 23.4 Å². The van der Waals surface area contributed by atoms with E-state index in [4.69, 9.17) is 5.73 Å². The number of nitrogens with zero attached hydrogens (tertiary/aromatic N) is 1. The number of amides is 3. The quantitative estimate of drug-likeness (QED) is 0.640. The minimum atomic E-state index is -0.880. The number of halogens is 2. The molecule has 0 bridgehead atoms. The lowest BCUT2D eigenvalue weighted by Crippen LogP contribution is -2.40. The fraction of sp³-hybridized carbons (Fsp3) is 0.286. The lowest BCUT2D eigenvalue weighted by Gasteiger charge is -2.23. The summed E-state index contributed by atoms with van der Waals surface area (Å²) in [5, 5.41) is 5.05. The molecule has 1 aliphatic rings. The van der Waals surface area contributed by atoms with Gasteiger partial charge in [-0.05, 0) is 43.1 Å². The summed E-state index contributed by atoms with van der Waals surface area (Å²) in [5.74, 6) is -3.39. The topological polar surface area (TPSA) is 105 Å². The fourth-order valence-corrected chi connectivity index (χ4v) is 3.48. The number of nitrogens with two attached hydrogens (primary N) is 1. The summed E-state index contributed by atoms with van der Waals surface area (Å²) < 4.78 is 26.5. The summed E-state index contributed by atoms with van der Waals surface area (Å²) in [6.45, 7) is 0.800. The van der Waals surface area contributed by atoms with Crippen molar-refractivity contribution in [3.63, 3.8) is 0 Å². The maximum Gasteiger partial charge on any atom is 0.251 e. The lowest BCUT2D eigenvalue weighted by atomic mass is 10.1. The maximum absolute atomic E-state index is 13.2. The summed E-state index contributed by atoms with van der Waals surface area (Å²) in [4.78, 5) is 37.9. The second-order valence-electron chi connectivity index (χ2n) is 7.08. The van der Waals surface area contributed by atoms with E-state index in [0.29, 0.717) is 24.7 Å². The van der Waals surface area contributed by atoms with E-state index < -0.39 is 23.4 Å². The molecule has 0 radical (unpaired) electrons. The predicted octanol–water partition coefficient (Wildman–Crippen LogP) is 1.78. The van der Waals surface area contributed by atoms with Crippen LogP contribution in [0.3, 0.4) is 0 Å². The van der Waals surface area contributed by atoms with Gasteiger partial charge in [-0.2, -0.15) is 0 Å². The number of carbonyl (C=O) groups excluding carboxylic acids is 3. The van der Waals surface area contributed by atoms with E-state index in [1.165, 1.54) is 0 Å². The summed E-state index contributed by atoms with van der Waals surface area (Å²) in [7, 11) is 0. The smallest absolute Gasteiger partial charge is 0.251 e. The molecule has 1 fully saturated rings. The monoisotopic (exact) mass is 416 g/mol. The van der Waals surface area contributed by atoms with Crippen molar-refractivity contribution in [3.8, 4) is 0 Å². The van der Waals surface area contributed by atoms with Gasteiger partial charge in [0.05, 0.1) is 12.6 Å². The first-order chi connectivity index (χ1) is 14.3. The van der Waals surface area contributed by atoms with Crippen molar-refractivity contribution in [3.05, 3.63) is 65.2 Å².